The Morgan fingerprint density at radius 2 is 1.73 bits per heavy atom. The van der Waals surface area contributed by atoms with Gasteiger partial charge in [-0.25, -0.2) is 14.4 Å². The third kappa shape index (κ3) is 5.01. The predicted octanol–water partition coefficient (Wildman–Crippen LogP) is 5.25. The Morgan fingerprint density at radius 1 is 1.03 bits per heavy atom. The van der Waals surface area contributed by atoms with Gasteiger partial charge in [-0.05, 0) is 23.8 Å². The molecule has 10 heteroatoms. The summed E-state index contributed by atoms with van der Waals surface area (Å²) in [6, 6.07) is 11.6. The van der Waals surface area contributed by atoms with Crippen molar-refractivity contribution in [1.82, 2.24) is 9.97 Å². The fraction of sp³-hybridized carbons (Fsp3) is 0.174. The number of fused-ring (bicyclic) bond motifs is 1. The Kier molecular flexibility index (Phi) is 6.95. The molecule has 0 saturated heterocycles. The Hall–Kier alpha value is -3.37. The number of nitrogens with one attached hydrogen (secondary N) is 1. The van der Waals surface area contributed by atoms with Crippen LogP contribution in [0.2, 0.25) is 0 Å². The summed E-state index contributed by atoms with van der Waals surface area (Å²) in [4.78, 5) is 22.2. The monoisotopic (exact) mass is 485 g/mol. The number of benzene rings is 2. The molecule has 0 saturated carbocycles. The summed E-state index contributed by atoms with van der Waals surface area (Å²) in [6.07, 6.45) is 1.48. The Labute approximate surface area is 197 Å². The van der Waals surface area contributed by atoms with Gasteiger partial charge in [-0.15, -0.1) is 11.3 Å². The normalized spacial score (nSPS) is 10.8. The van der Waals surface area contributed by atoms with Gasteiger partial charge in [0.2, 0.25) is 11.7 Å². The number of hydrogen-bond acceptors (Lipinski definition) is 8. The number of ether oxygens (including phenoxy) is 3. The van der Waals surface area contributed by atoms with Crippen LogP contribution in [0.4, 0.5) is 10.1 Å². The zero-order chi connectivity index (χ0) is 23.4. The van der Waals surface area contributed by atoms with Crippen molar-refractivity contribution in [2.24, 2.45) is 0 Å². The van der Waals surface area contributed by atoms with Gasteiger partial charge in [0.15, 0.2) is 11.5 Å². The van der Waals surface area contributed by atoms with Gasteiger partial charge in [0.25, 0.3) is 0 Å². The minimum absolute atomic E-state index is 0.145. The maximum absolute atomic E-state index is 13.2. The molecule has 0 unspecified atom stereocenters. The standard InChI is InChI=1S/C23H20FN3O4S2/c1-29-17-8-15(9-18(30-2)21(17)31-3)27-20(28)11-32-23-22-16(25-12-26-23)10-19(33-22)13-4-6-14(24)7-5-13/h4-10,12H,11H2,1-3H3,(H,27,28). The van der Waals surface area contributed by atoms with E-state index in [0.717, 1.165) is 20.7 Å². The highest BCUT2D eigenvalue weighted by Crippen LogP contribution is 2.40. The van der Waals surface area contributed by atoms with Crippen LogP contribution in [-0.4, -0.2) is 43.0 Å². The van der Waals surface area contributed by atoms with Crippen LogP contribution in [0.1, 0.15) is 0 Å². The van der Waals surface area contributed by atoms with Gasteiger partial charge in [0, 0.05) is 22.7 Å². The van der Waals surface area contributed by atoms with Crippen molar-refractivity contribution in [1.29, 1.82) is 0 Å². The van der Waals surface area contributed by atoms with E-state index in [2.05, 4.69) is 15.3 Å². The molecule has 4 rings (SSSR count). The largest absolute Gasteiger partial charge is 0.493 e. The van der Waals surface area contributed by atoms with Crippen molar-refractivity contribution in [2.45, 2.75) is 5.03 Å². The van der Waals surface area contributed by atoms with E-state index in [-0.39, 0.29) is 17.5 Å². The first-order valence-electron chi connectivity index (χ1n) is 9.75. The molecule has 2 aromatic carbocycles. The number of anilines is 1. The first kappa shape index (κ1) is 22.8. The molecule has 0 spiro atoms. The number of aromatic nitrogens is 2. The lowest BCUT2D eigenvalue weighted by molar-refractivity contribution is -0.113. The number of carbonyl (C=O) groups excluding carboxylic acids is 1. The number of methoxy groups -OCH3 is 3. The second kappa shape index (κ2) is 10.1. The molecule has 0 aliphatic heterocycles. The molecular weight excluding hydrogens is 465 g/mol. The minimum Gasteiger partial charge on any atom is -0.493 e. The van der Waals surface area contributed by atoms with Gasteiger partial charge in [0.1, 0.15) is 17.2 Å². The van der Waals surface area contributed by atoms with Crippen molar-refractivity contribution in [3.63, 3.8) is 0 Å². The highest BCUT2D eigenvalue weighted by molar-refractivity contribution is 8.00. The van der Waals surface area contributed by atoms with Crippen LogP contribution < -0.4 is 19.5 Å². The summed E-state index contributed by atoms with van der Waals surface area (Å²) < 4.78 is 30.1. The van der Waals surface area contributed by atoms with Crippen LogP contribution in [-0.2, 0) is 4.79 Å². The summed E-state index contributed by atoms with van der Waals surface area (Å²) in [5.41, 5.74) is 2.20. The van der Waals surface area contributed by atoms with Gasteiger partial charge < -0.3 is 19.5 Å². The fourth-order valence-electron chi connectivity index (χ4n) is 3.18. The van der Waals surface area contributed by atoms with Crippen LogP contribution in [0.5, 0.6) is 17.2 Å². The zero-order valence-corrected chi connectivity index (χ0v) is 19.7. The number of nitrogens with zero attached hydrogens (tertiary/aromatic N) is 2. The molecule has 0 fully saturated rings. The van der Waals surface area contributed by atoms with E-state index in [1.165, 1.54) is 62.9 Å². The molecule has 33 heavy (non-hydrogen) atoms. The summed E-state index contributed by atoms with van der Waals surface area (Å²) >= 11 is 2.82. The molecule has 0 radical (unpaired) electrons. The highest BCUT2D eigenvalue weighted by Gasteiger charge is 2.16. The number of thioether (sulfide) groups is 1. The van der Waals surface area contributed by atoms with Crippen molar-refractivity contribution in [2.75, 3.05) is 32.4 Å². The lowest BCUT2D eigenvalue weighted by Gasteiger charge is -2.14. The van der Waals surface area contributed by atoms with Crippen molar-refractivity contribution in [3.8, 4) is 27.7 Å². The third-order valence-electron chi connectivity index (χ3n) is 4.70. The molecule has 7 nitrogen and oxygen atoms in total. The van der Waals surface area contributed by atoms with E-state index in [1.54, 1.807) is 24.3 Å². The van der Waals surface area contributed by atoms with E-state index in [0.29, 0.717) is 28.0 Å². The molecule has 4 aromatic rings. The molecule has 170 valence electrons. The number of carbonyl (C=O) groups is 1. The van der Waals surface area contributed by atoms with E-state index in [9.17, 15) is 9.18 Å². The summed E-state index contributed by atoms with van der Waals surface area (Å²) in [5, 5.41) is 3.55. The number of rotatable bonds is 8. The lowest BCUT2D eigenvalue weighted by Crippen LogP contribution is -2.14. The Bertz CT molecular complexity index is 1270. The number of hydrogen-bond donors (Lipinski definition) is 1. The minimum atomic E-state index is -0.283. The average Bonchev–Trinajstić information content (AvgIpc) is 3.27. The van der Waals surface area contributed by atoms with Crippen LogP contribution in [0.25, 0.3) is 20.7 Å². The quantitative estimate of drug-likeness (QED) is 0.269. The van der Waals surface area contributed by atoms with Crippen LogP contribution in [0.15, 0.2) is 53.8 Å². The highest BCUT2D eigenvalue weighted by atomic mass is 32.2. The van der Waals surface area contributed by atoms with Gasteiger partial charge in [-0.3, -0.25) is 4.79 Å². The second-order valence-corrected chi connectivity index (χ2v) is 8.78. The number of thiophene rings is 1. The van der Waals surface area contributed by atoms with Gasteiger partial charge in [-0.1, -0.05) is 23.9 Å². The molecule has 0 aliphatic rings. The molecule has 0 aliphatic carbocycles. The van der Waals surface area contributed by atoms with Gasteiger partial charge >= 0.3 is 0 Å². The van der Waals surface area contributed by atoms with Crippen LogP contribution in [0.3, 0.4) is 0 Å². The predicted molar refractivity (Wildman–Crippen MR) is 128 cm³/mol. The van der Waals surface area contributed by atoms with Crippen molar-refractivity contribution in [3.05, 3.63) is 54.6 Å². The van der Waals surface area contributed by atoms with Gasteiger partial charge in [0.05, 0.1) is 37.3 Å². The summed E-state index contributed by atoms with van der Waals surface area (Å²) in [6.45, 7) is 0. The molecule has 2 heterocycles. The number of amides is 1. The first-order chi connectivity index (χ1) is 16.0. The van der Waals surface area contributed by atoms with Crippen molar-refractivity contribution < 1.29 is 23.4 Å². The SMILES string of the molecule is COc1cc(NC(=O)CSc2ncnc3cc(-c4ccc(F)cc4)sc23)cc(OC)c1OC. The topological polar surface area (TPSA) is 82.6 Å². The first-order valence-corrected chi connectivity index (χ1v) is 11.6. The molecule has 0 atom stereocenters. The van der Waals surface area contributed by atoms with E-state index in [4.69, 9.17) is 14.2 Å². The Balaban J connectivity index is 1.49. The lowest BCUT2D eigenvalue weighted by atomic mass is 10.2. The van der Waals surface area contributed by atoms with Gasteiger partial charge in [-0.2, -0.15) is 0 Å². The van der Waals surface area contributed by atoms with E-state index >= 15 is 0 Å². The smallest absolute Gasteiger partial charge is 0.234 e. The molecule has 2 aromatic heterocycles. The van der Waals surface area contributed by atoms with Crippen molar-refractivity contribution >= 4 is 44.9 Å². The van der Waals surface area contributed by atoms with E-state index < -0.39 is 0 Å². The summed E-state index contributed by atoms with van der Waals surface area (Å²) in [5.74, 6) is 0.997. The zero-order valence-electron chi connectivity index (χ0n) is 18.0. The van der Waals surface area contributed by atoms with Crippen LogP contribution in [0, 0.1) is 5.82 Å². The van der Waals surface area contributed by atoms with E-state index in [1.807, 2.05) is 6.07 Å². The summed E-state index contributed by atoms with van der Waals surface area (Å²) in [7, 11) is 4.55. The Morgan fingerprint density at radius 3 is 2.36 bits per heavy atom. The number of halogens is 1. The third-order valence-corrected chi connectivity index (χ3v) is 6.99. The maximum atomic E-state index is 13.2. The second-order valence-electron chi connectivity index (χ2n) is 6.76. The molecular formula is C23H20FN3O4S2. The average molecular weight is 486 g/mol. The fourth-order valence-corrected chi connectivity index (χ4v) is 5.18. The molecule has 1 N–H and O–H groups in total. The maximum Gasteiger partial charge on any atom is 0.234 e. The molecule has 0 bridgehead atoms. The molecule has 1 amide bonds. The van der Waals surface area contributed by atoms with Crippen LogP contribution >= 0.6 is 23.1 Å².